The Morgan fingerprint density at radius 3 is 2.53 bits per heavy atom. The summed E-state index contributed by atoms with van der Waals surface area (Å²) in [7, 11) is -3.86. The zero-order chi connectivity index (χ0) is 21.9. The van der Waals surface area contributed by atoms with Crippen LogP contribution in [-0.4, -0.2) is 30.3 Å². The van der Waals surface area contributed by atoms with Crippen molar-refractivity contribution in [1.29, 1.82) is 0 Å². The summed E-state index contributed by atoms with van der Waals surface area (Å²) in [4.78, 5) is 12.2. The van der Waals surface area contributed by atoms with Gasteiger partial charge in [-0.2, -0.15) is 0 Å². The Morgan fingerprint density at radius 1 is 1.13 bits per heavy atom. The molecule has 0 bridgehead atoms. The van der Waals surface area contributed by atoms with Crippen LogP contribution in [0.3, 0.4) is 0 Å². The molecule has 0 aliphatic rings. The molecule has 1 aromatic heterocycles. The molecule has 30 heavy (non-hydrogen) atoms. The van der Waals surface area contributed by atoms with E-state index in [4.69, 9.17) is 16.7 Å². The molecule has 0 aliphatic heterocycles. The summed E-state index contributed by atoms with van der Waals surface area (Å²) >= 11 is 8.64. The lowest BCUT2D eigenvalue weighted by atomic mass is 10.2. The molecule has 0 saturated carbocycles. The number of aromatic nitrogens is 2. The van der Waals surface area contributed by atoms with Gasteiger partial charge in [0.05, 0.1) is 10.6 Å². The van der Waals surface area contributed by atoms with Crippen LogP contribution in [0.5, 0.6) is 0 Å². The Kier molecular flexibility index (Phi) is 6.98. The Bertz CT molecular complexity index is 1200. The molecule has 8 nitrogen and oxygen atoms in total. The largest absolute Gasteiger partial charge is 0.330 e. The predicted molar refractivity (Wildman–Crippen MR) is 121 cm³/mol. The van der Waals surface area contributed by atoms with E-state index in [2.05, 4.69) is 20.8 Å². The molecular weight excluding hydrogens is 466 g/mol. The van der Waals surface area contributed by atoms with E-state index in [1.807, 2.05) is 19.1 Å². The van der Waals surface area contributed by atoms with Crippen molar-refractivity contribution in [3.63, 3.8) is 0 Å². The highest BCUT2D eigenvalue weighted by Crippen LogP contribution is 2.29. The van der Waals surface area contributed by atoms with Crippen LogP contribution < -0.4 is 15.8 Å². The summed E-state index contributed by atoms with van der Waals surface area (Å²) in [6, 6.07) is 10.1. The maximum atomic E-state index is 12.2. The average molecular weight is 484 g/mol. The normalized spacial score (nSPS) is 11.3. The molecule has 0 saturated heterocycles. The number of nitrogens with two attached hydrogens (primary N) is 1. The summed E-state index contributed by atoms with van der Waals surface area (Å²) in [6.07, 6.45) is 0. The highest BCUT2D eigenvalue weighted by molar-refractivity contribution is 8.01. The molecule has 0 fully saturated rings. The lowest BCUT2D eigenvalue weighted by Gasteiger charge is -2.08. The summed E-state index contributed by atoms with van der Waals surface area (Å²) in [5, 5.41) is 20.3. The number of benzene rings is 2. The number of hydrogen-bond acceptors (Lipinski definition) is 8. The first kappa shape index (κ1) is 22.5. The van der Waals surface area contributed by atoms with E-state index in [1.165, 1.54) is 29.2 Å². The quantitative estimate of drug-likeness (QED) is 0.434. The molecule has 0 spiro atoms. The van der Waals surface area contributed by atoms with E-state index in [0.717, 1.165) is 11.3 Å². The monoisotopic (exact) mass is 483 g/mol. The van der Waals surface area contributed by atoms with Crippen LogP contribution in [0.1, 0.15) is 11.1 Å². The molecule has 0 radical (unpaired) electrons. The zero-order valence-electron chi connectivity index (χ0n) is 16.0. The van der Waals surface area contributed by atoms with Crippen LogP contribution in [0.25, 0.3) is 0 Å². The number of thioether (sulfide) groups is 1. The summed E-state index contributed by atoms with van der Waals surface area (Å²) < 4.78 is 23.8. The Morgan fingerprint density at radius 2 is 1.83 bits per heavy atom. The molecule has 1 heterocycles. The van der Waals surface area contributed by atoms with Crippen molar-refractivity contribution in [3.8, 4) is 0 Å². The van der Waals surface area contributed by atoms with Crippen LogP contribution >= 0.6 is 34.7 Å². The molecular formula is C18H18ClN5O3S3. The van der Waals surface area contributed by atoms with Crippen molar-refractivity contribution in [2.45, 2.75) is 23.1 Å². The van der Waals surface area contributed by atoms with Gasteiger partial charge in [0.1, 0.15) is 0 Å². The first-order chi connectivity index (χ1) is 14.1. The van der Waals surface area contributed by atoms with Gasteiger partial charge in [0.15, 0.2) is 4.34 Å². The van der Waals surface area contributed by atoms with E-state index < -0.39 is 10.0 Å². The van der Waals surface area contributed by atoms with Gasteiger partial charge in [-0.3, -0.25) is 4.79 Å². The van der Waals surface area contributed by atoms with E-state index in [-0.39, 0.29) is 16.6 Å². The second kappa shape index (κ2) is 9.31. The van der Waals surface area contributed by atoms with Gasteiger partial charge in [-0.15, -0.1) is 10.2 Å². The predicted octanol–water partition coefficient (Wildman–Crippen LogP) is 3.93. The maximum Gasteiger partial charge on any atom is 0.238 e. The van der Waals surface area contributed by atoms with Gasteiger partial charge >= 0.3 is 0 Å². The molecule has 1 amide bonds. The fourth-order valence-corrected chi connectivity index (χ4v) is 4.98. The van der Waals surface area contributed by atoms with Gasteiger partial charge in [-0.1, -0.05) is 46.8 Å². The number of carbonyl (C=O) groups excluding carboxylic acids is 1. The van der Waals surface area contributed by atoms with E-state index >= 15 is 0 Å². The molecule has 3 rings (SSSR count). The summed E-state index contributed by atoms with van der Waals surface area (Å²) in [5.41, 5.74) is 2.63. The number of halogens is 1. The maximum absolute atomic E-state index is 12.2. The summed E-state index contributed by atoms with van der Waals surface area (Å²) in [6.45, 7) is 3.55. The molecule has 12 heteroatoms. The van der Waals surface area contributed by atoms with Crippen LogP contribution in [0.2, 0.25) is 5.02 Å². The minimum absolute atomic E-state index is 0.0241. The SMILES string of the molecule is Cc1ccc(Nc2nnc(SCC(=O)Nc3ccc(C)c(S(N)(=O)=O)c3)s2)cc1Cl. The number of primary sulfonamides is 1. The fourth-order valence-electron chi connectivity index (χ4n) is 2.42. The van der Waals surface area contributed by atoms with Crippen molar-refractivity contribution in [2.75, 3.05) is 16.4 Å². The van der Waals surface area contributed by atoms with Gasteiger partial charge in [0, 0.05) is 16.4 Å². The highest BCUT2D eigenvalue weighted by Gasteiger charge is 2.14. The second-order valence-corrected chi connectivity index (χ2v) is 10.5. The Hall–Kier alpha value is -2.18. The molecule has 0 aliphatic carbocycles. The van der Waals surface area contributed by atoms with Gasteiger partial charge in [0.25, 0.3) is 0 Å². The molecule has 4 N–H and O–H groups in total. The average Bonchev–Trinajstić information content (AvgIpc) is 3.11. The first-order valence-corrected chi connectivity index (χ1v) is 12.3. The molecule has 2 aromatic carbocycles. The van der Waals surface area contributed by atoms with Crippen LogP contribution in [0.15, 0.2) is 45.6 Å². The molecule has 3 aromatic rings. The van der Waals surface area contributed by atoms with Crippen LogP contribution in [0, 0.1) is 13.8 Å². The number of anilines is 3. The highest BCUT2D eigenvalue weighted by atomic mass is 35.5. The molecule has 0 atom stereocenters. The third kappa shape index (κ3) is 5.92. The number of aryl methyl sites for hydroxylation is 2. The van der Waals surface area contributed by atoms with Crippen molar-refractivity contribution >= 4 is 67.1 Å². The topological polar surface area (TPSA) is 127 Å². The third-order valence-corrected chi connectivity index (χ3v) is 7.37. The Balaban J connectivity index is 1.57. The van der Waals surface area contributed by atoms with Crippen molar-refractivity contribution in [3.05, 3.63) is 52.5 Å². The van der Waals surface area contributed by atoms with E-state index in [0.29, 0.717) is 25.7 Å². The molecule has 0 unspecified atom stereocenters. The number of carbonyl (C=O) groups is 1. The first-order valence-electron chi connectivity index (χ1n) is 8.54. The minimum Gasteiger partial charge on any atom is -0.330 e. The van der Waals surface area contributed by atoms with E-state index in [9.17, 15) is 13.2 Å². The Labute approximate surface area is 187 Å². The summed E-state index contributed by atoms with van der Waals surface area (Å²) in [5.74, 6) is -0.219. The number of nitrogens with one attached hydrogen (secondary N) is 2. The molecule has 158 valence electrons. The second-order valence-electron chi connectivity index (χ2n) is 6.32. The lowest BCUT2D eigenvalue weighted by molar-refractivity contribution is -0.113. The number of rotatable bonds is 7. The van der Waals surface area contributed by atoms with Gasteiger partial charge in [-0.05, 0) is 49.2 Å². The van der Waals surface area contributed by atoms with Gasteiger partial charge < -0.3 is 10.6 Å². The van der Waals surface area contributed by atoms with Crippen molar-refractivity contribution in [2.24, 2.45) is 5.14 Å². The van der Waals surface area contributed by atoms with Crippen LogP contribution in [-0.2, 0) is 14.8 Å². The van der Waals surface area contributed by atoms with Gasteiger partial charge in [-0.25, -0.2) is 13.6 Å². The smallest absolute Gasteiger partial charge is 0.238 e. The lowest BCUT2D eigenvalue weighted by Crippen LogP contribution is -2.17. The number of hydrogen-bond donors (Lipinski definition) is 3. The zero-order valence-corrected chi connectivity index (χ0v) is 19.2. The fraction of sp³-hybridized carbons (Fsp3) is 0.167. The minimum atomic E-state index is -3.86. The van der Waals surface area contributed by atoms with Crippen molar-refractivity contribution < 1.29 is 13.2 Å². The number of amides is 1. The third-order valence-electron chi connectivity index (χ3n) is 3.93. The van der Waals surface area contributed by atoms with Crippen LogP contribution in [0.4, 0.5) is 16.5 Å². The standard InChI is InChI=1S/C18H18ClN5O3S3/c1-10-3-5-12(7-14(10)19)22-17-23-24-18(29-17)28-9-16(25)21-13-6-4-11(2)15(8-13)30(20,26)27/h3-8H,9H2,1-2H3,(H,21,25)(H,22,23)(H2,20,26,27). The van der Waals surface area contributed by atoms with Gasteiger partial charge in [0.2, 0.25) is 21.1 Å². The number of sulfonamides is 1. The van der Waals surface area contributed by atoms with E-state index in [1.54, 1.807) is 25.1 Å². The number of nitrogens with zero attached hydrogens (tertiary/aromatic N) is 2. The van der Waals surface area contributed by atoms with Crippen molar-refractivity contribution in [1.82, 2.24) is 10.2 Å².